The van der Waals surface area contributed by atoms with Crippen LogP contribution < -0.4 is 10.1 Å². The van der Waals surface area contributed by atoms with Crippen LogP contribution in [0.3, 0.4) is 0 Å². The van der Waals surface area contributed by atoms with Crippen LogP contribution in [-0.2, 0) is 10.2 Å². The Kier molecular flexibility index (Phi) is 5.26. The number of fused-ring (bicyclic) bond motifs is 1. The van der Waals surface area contributed by atoms with E-state index in [2.05, 4.69) is 50.6 Å². The third kappa shape index (κ3) is 4.04. The SMILES string of the molecule is O=C(Nc1ccc(Oc2ccccc2)cn1)C1(c2ccc(-c3cnc4[nH]ccc4c3)cc2)CCC1. The molecule has 0 aliphatic heterocycles. The van der Waals surface area contributed by atoms with Gasteiger partial charge in [-0.15, -0.1) is 0 Å². The lowest BCUT2D eigenvalue weighted by atomic mass is 9.63. The van der Waals surface area contributed by atoms with Crippen molar-refractivity contribution in [3.8, 4) is 22.6 Å². The predicted octanol–water partition coefficient (Wildman–Crippen LogP) is 6.48. The minimum Gasteiger partial charge on any atom is -0.456 e. The van der Waals surface area contributed by atoms with Crippen molar-refractivity contribution in [1.29, 1.82) is 0 Å². The van der Waals surface area contributed by atoms with E-state index in [4.69, 9.17) is 4.74 Å². The normalized spacial score (nSPS) is 14.3. The molecular weight excluding hydrogens is 436 g/mol. The minimum atomic E-state index is -0.526. The van der Waals surface area contributed by atoms with E-state index in [1.807, 2.05) is 54.9 Å². The summed E-state index contributed by atoms with van der Waals surface area (Å²) in [6, 6.07) is 25.6. The average Bonchev–Trinajstić information content (AvgIpc) is 3.34. The highest BCUT2D eigenvalue weighted by atomic mass is 16.5. The molecule has 0 atom stereocenters. The highest BCUT2D eigenvalue weighted by molar-refractivity contribution is 5.99. The zero-order chi connectivity index (χ0) is 23.7. The number of nitrogens with one attached hydrogen (secondary N) is 2. The summed E-state index contributed by atoms with van der Waals surface area (Å²) in [5.41, 5.74) is 3.52. The van der Waals surface area contributed by atoms with Crippen molar-refractivity contribution in [2.24, 2.45) is 0 Å². The Labute approximate surface area is 203 Å². The maximum atomic E-state index is 13.4. The van der Waals surface area contributed by atoms with E-state index in [-0.39, 0.29) is 5.91 Å². The average molecular weight is 461 g/mol. The summed E-state index contributed by atoms with van der Waals surface area (Å²) in [7, 11) is 0. The number of amides is 1. The van der Waals surface area contributed by atoms with Crippen LogP contribution in [0.1, 0.15) is 24.8 Å². The van der Waals surface area contributed by atoms with Crippen molar-refractivity contribution in [3.63, 3.8) is 0 Å². The van der Waals surface area contributed by atoms with Crippen LogP contribution in [0.2, 0.25) is 0 Å². The third-order valence-electron chi connectivity index (χ3n) is 6.77. The number of H-pyrrole nitrogens is 1. The van der Waals surface area contributed by atoms with Crippen LogP contribution in [-0.4, -0.2) is 20.9 Å². The summed E-state index contributed by atoms with van der Waals surface area (Å²) in [5, 5.41) is 4.10. The molecule has 0 radical (unpaired) electrons. The van der Waals surface area contributed by atoms with E-state index in [0.717, 1.165) is 52.7 Å². The maximum Gasteiger partial charge on any atom is 0.236 e. The molecule has 0 unspecified atom stereocenters. The standard InChI is InChI=1S/C29H24N4O2/c34-28(33-26-12-11-25(19-31-26)35-24-5-2-1-3-6-24)29(14-4-15-29)23-9-7-20(8-10-23)22-17-21-13-16-30-27(21)32-18-22/h1-3,5-13,16-19H,4,14-15H2,(H,30,32)(H,31,33,34). The molecule has 0 bridgehead atoms. The second-order valence-electron chi connectivity index (χ2n) is 8.90. The summed E-state index contributed by atoms with van der Waals surface area (Å²) < 4.78 is 5.79. The fraction of sp³-hybridized carbons (Fsp3) is 0.138. The molecule has 1 saturated carbocycles. The summed E-state index contributed by atoms with van der Waals surface area (Å²) >= 11 is 0. The number of para-hydroxylation sites is 1. The van der Waals surface area contributed by atoms with Gasteiger partial charge in [-0.05, 0) is 60.4 Å². The first-order chi connectivity index (χ1) is 17.2. The van der Waals surface area contributed by atoms with E-state index in [9.17, 15) is 4.79 Å². The molecular formula is C29H24N4O2. The Bertz CT molecular complexity index is 1470. The zero-order valence-corrected chi connectivity index (χ0v) is 19.1. The first-order valence-electron chi connectivity index (χ1n) is 11.7. The van der Waals surface area contributed by atoms with Gasteiger partial charge in [0, 0.05) is 23.3 Å². The molecule has 2 N–H and O–H groups in total. The van der Waals surface area contributed by atoms with Crippen LogP contribution in [0.25, 0.3) is 22.2 Å². The summed E-state index contributed by atoms with van der Waals surface area (Å²) in [6.45, 7) is 0. The molecule has 5 aromatic rings. The number of carbonyl (C=O) groups is 1. The number of hydrogen-bond donors (Lipinski definition) is 2. The molecule has 1 aliphatic rings. The van der Waals surface area contributed by atoms with Crippen LogP contribution in [0.5, 0.6) is 11.5 Å². The van der Waals surface area contributed by atoms with Gasteiger partial charge in [0.15, 0.2) is 0 Å². The van der Waals surface area contributed by atoms with Crippen LogP contribution in [0.4, 0.5) is 5.82 Å². The lowest BCUT2D eigenvalue weighted by Gasteiger charge is -2.40. The van der Waals surface area contributed by atoms with Gasteiger partial charge in [-0.3, -0.25) is 4.79 Å². The van der Waals surface area contributed by atoms with Crippen LogP contribution >= 0.6 is 0 Å². The molecule has 35 heavy (non-hydrogen) atoms. The van der Waals surface area contributed by atoms with Gasteiger partial charge < -0.3 is 15.0 Å². The van der Waals surface area contributed by atoms with Gasteiger partial charge in [-0.2, -0.15) is 0 Å². The predicted molar refractivity (Wildman–Crippen MR) is 136 cm³/mol. The number of benzene rings is 2. The Morgan fingerprint density at radius 2 is 1.69 bits per heavy atom. The number of carbonyl (C=O) groups excluding carboxylic acids is 1. The smallest absolute Gasteiger partial charge is 0.236 e. The molecule has 6 nitrogen and oxygen atoms in total. The molecule has 172 valence electrons. The topological polar surface area (TPSA) is 79.9 Å². The summed E-state index contributed by atoms with van der Waals surface area (Å²) in [6.07, 6.45) is 8.06. The molecule has 6 heteroatoms. The third-order valence-corrected chi connectivity index (χ3v) is 6.77. The molecule has 3 heterocycles. The van der Waals surface area contributed by atoms with Crippen LogP contribution in [0.15, 0.2) is 97.5 Å². The highest BCUT2D eigenvalue weighted by Crippen LogP contribution is 2.45. The number of aromatic amines is 1. The van der Waals surface area contributed by atoms with Gasteiger partial charge in [0.1, 0.15) is 23.0 Å². The van der Waals surface area contributed by atoms with Gasteiger partial charge >= 0.3 is 0 Å². The Balaban J connectivity index is 1.18. The van der Waals surface area contributed by atoms with E-state index in [1.54, 1.807) is 12.3 Å². The highest BCUT2D eigenvalue weighted by Gasteiger charge is 2.45. The van der Waals surface area contributed by atoms with Crippen LogP contribution in [0, 0.1) is 0 Å². The molecule has 1 amide bonds. The molecule has 6 rings (SSSR count). The van der Waals surface area contributed by atoms with Crippen molar-refractivity contribution >= 4 is 22.8 Å². The molecule has 3 aromatic heterocycles. The van der Waals surface area contributed by atoms with Gasteiger partial charge in [0.25, 0.3) is 0 Å². The Morgan fingerprint density at radius 1 is 0.857 bits per heavy atom. The fourth-order valence-electron chi connectivity index (χ4n) is 4.63. The molecule has 1 fully saturated rings. The molecule has 1 aliphatic carbocycles. The number of rotatable bonds is 6. The van der Waals surface area contributed by atoms with Crippen molar-refractivity contribution in [3.05, 3.63) is 103 Å². The van der Waals surface area contributed by atoms with E-state index in [0.29, 0.717) is 11.6 Å². The van der Waals surface area contributed by atoms with Crippen molar-refractivity contribution in [2.75, 3.05) is 5.32 Å². The van der Waals surface area contributed by atoms with E-state index in [1.165, 1.54) is 0 Å². The fourth-order valence-corrected chi connectivity index (χ4v) is 4.63. The first kappa shape index (κ1) is 21.1. The summed E-state index contributed by atoms with van der Waals surface area (Å²) in [5.74, 6) is 1.86. The van der Waals surface area contributed by atoms with Gasteiger partial charge in [0.2, 0.25) is 5.91 Å². The molecule has 0 spiro atoms. The Hall–Kier alpha value is -4.45. The Morgan fingerprint density at radius 3 is 2.40 bits per heavy atom. The second kappa shape index (κ2) is 8.72. The number of pyridine rings is 2. The number of ether oxygens (including phenoxy) is 1. The van der Waals surface area contributed by atoms with Crippen molar-refractivity contribution < 1.29 is 9.53 Å². The lowest BCUT2D eigenvalue weighted by Crippen LogP contribution is -2.46. The number of anilines is 1. The van der Waals surface area contributed by atoms with Gasteiger partial charge in [-0.25, -0.2) is 9.97 Å². The zero-order valence-electron chi connectivity index (χ0n) is 19.1. The van der Waals surface area contributed by atoms with E-state index < -0.39 is 5.41 Å². The first-order valence-corrected chi connectivity index (χ1v) is 11.7. The van der Waals surface area contributed by atoms with Gasteiger partial charge in [-0.1, -0.05) is 48.9 Å². The number of aromatic nitrogens is 3. The monoisotopic (exact) mass is 460 g/mol. The largest absolute Gasteiger partial charge is 0.456 e. The quantitative estimate of drug-likeness (QED) is 0.304. The summed E-state index contributed by atoms with van der Waals surface area (Å²) in [4.78, 5) is 25.4. The van der Waals surface area contributed by atoms with Crippen molar-refractivity contribution in [2.45, 2.75) is 24.7 Å². The molecule has 0 saturated heterocycles. The van der Waals surface area contributed by atoms with Gasteiger partial charge in [0.05, 0.1) is 11.6 Å². The lowest BCUT2D eigenvalue weighted by molar-refractivity contribution is -0.124. The molecule has 2 aromatic carbocycles. The van der Waals surface area contributed by atoms with Crippen molar-refractivity contribution in [1.82, 2.24) is 15.0 Å². The number of hydrogen-bond acceptors (Lipinski definition) is 4. The number of nitrogens with zero attached hydrogens (tertiary/aromatic N) is 2. The second-order valence-corrected chi connectivity index (χ2v) is 8.90. The van der Waals surface area contributed by atoms with E-state index >= 15 is 0 Å². The maximum absolute atomic E-state index is 13.4. The minimum absolute atomic E-state index is 0.0175.